The number of hydrogen-bond acceptors (Lipinski definition) is 2. The van der Waals surface area contributed by atoms with E-state index in [1.165, 1.54) is 64.8 Å². The first-order chi connectivity index (χ1) is 8.65. The van der Waals surface area contributed by atoms with E-state index >= 15 is 0 Å². The zero-order valence-electron chi connectivity index (χ0n) is 13.1. The van der Waals surface area contributed by atoms with Crippen LogP contribution in [0.5, 0.6) is 0 Å². The molecule has 18 heavy (non-hydrogen) atoms. The normalized spacial score (nSPS) is 19.3. The van der Waals surface area contributed by atoms with E-state index in [4.69, 9.17) is 0 Å². The number of rotatable bonds is 8. The highest BCUT2D eigenvalue weighted by Crippen LogP contribution is 2.29. The minimum Gasteiger partial charge on any atom is -0.316 e. The Morgan fingerprint density at radius 3 is 2.22 bits per heavy atom. The topological polar surface area (TPSA) is 15.3 Å². The van der Waals surface area contributed by atoms with Crippen LogP contribution in [0.3, 0.4) is 0 Å². The maximum atomic E-state index is 3.65. The van der Waals surface area contributed by atoms with Crippen molar-refractivity contribution in [1.82, 2.24) is 10.2 Å². The van der Waals surface area contributed by atoms with Gasteiger partial charge in [-0.15, -0.1) is 0 Å². The van der Waals surface area contributed by atoms with Crippen molar-refractivity contribution in [2.24, 2.45) is 11.3 Å². The van der Waals surface area contributed by atoms with E-state index in [1.54, 1.807) is 0 Å². The van der Waals surface area contributed by atoms with Crippen molar-refractivity contribution in [3.8, 4) is 0 Å². The van der Waals surface area contributed by atoms with Gasteiger partial charge in [-0.05, 0) is 63.1 Å². The highest BCUT2D eigenvalue weighted by Gasteiger charge is 2.29. The monoisotopic (exact) mass is 254 g/mol. The van der Waals surface area contributed by atoms with Crippen LogP contribution in [0.25, 0.3) is 0 Å². The summed E-state index contributed by atoms with van der Waals surface area (Å²) in [5, 5.41) is 3.65. The molecule has 0 unspecified atom stereocenters. The van der Waals surface area contributed by atoms with Crippen molar-refractivity contribution in [2.75, 3.05) is 32.7 Å². The van der Waals surface area contributed by atoms with Gasteiger partial charge in [0, 0.05) is 13.1 Å². The van der Waals surface area contributed by atoms with Crippen LogP contribution in [0.2, 0.25) is 0 Å². The molecular weight excluding hydrogens is 220 g/mol. The SMILES string of the molecule is CCCNCC(CC)(CC)CN1CCC(C)CC1. The zero-order chi connectivity index (χ0) is 13.4. The van der Waals surface area contributed by atoms with Crippen LogP contribution in [-0.2, 0) is 0 Å². The van der Waals surface area contributed by atoms with Crippen molar-refractivity contribution in [1.29, 1.82) is 0 Å². The van der Waals surface area contributed by atoms with Gasteiger partial charge in [-0.2, -0.15) is 0 Å². The Balaban J connectivity index is 2.44. The summed E-state index contributed by atoms with van der Waals surface area (Å²) in [5.74, 6) is 0.942. The first kappa shape index (κ1) is 16.0. The molecule has 1 fully saturated rings. The largest absolute Gasteiger partial charge is 0.316 e. The zero-order valence-corrected chi connectivity index (χ0v) is 13.1. The number of hydrogen-bond donors (Lipinski definition) is 1. The summed E-state index contributed by atoms with van der Waals surface area (Å²) in [6.45, 7) is 15.7. The lowest BCUT2D eigenvalue weighted by molar-refractivity contribution is 0.103. The molecule has 1 aliphatic rings. The summed E-state index contributed by atoms with van der Waals surface area (Å²) >= 11 is 0. The van der Waals surface area contributed by atoms with Crippen LogP contribution < -0.4 is 5.32 Å². The van der Waals surface area contributed by atoms with Gasteiger partial charge in [-0.3, -0.25) is 0 Å². The van der Waals surface area contributed by atoms with Crippen LogP contribution in [0, 0.1) is 11.3 Å². The summed E-state index contributed by atoms with van der Waals surface area (Å²) in [7, 11) is 0. The standard InChI is InChI=1S/C16H34N2/c1-5-10-17-13-16(6-2,7-3)14-18-11-8-15(4)9-12-18/h15,17H,5-14H2,1-4H3. The lowest BCUT2D eigenvalue weighted by atomic mass is 9.81. The highest BCUT2D eigenvalue weighted by atomic mass is 15.1. The Kier molecular flexibility index (Phi) is 7.25. The smallest absolute Gasteiger partial charge is 0.00499 e. The maximum Gasteiger partial charge on any atom is 0.00499 e. The molecule has 1 aliphatic heterocycles. The van der Waals surface area contributed by atoms with Gasteiger partial charge >= 0.3 is 0 Å². The van der Waals surface area contributed by atoms with Gasteiger partial charge in [-0.25, -0.2) is 0 Å². The van der Waals surface area contributed by atoms with E-state index in [2.05, 4.69) is 37.9 Å². The fourth-order valence-electron chi connectivity index (χ4n) is 3.00. The predicted molar refractivity (Wildman–Crippen MR) is 81.0 cm³/mol. The predicted octanol–water partition coefficient (Wildman–Crippen LogP) is 3.52. The molecule has 1 N–H and O–H groups in total. The second-order valence-corrected chi connectivity index (χ2v) is 6.34. The molecule has 0 bridgehead atoms. The van der Waals surface area contributed by atoms with Crippen molar-refractivity contribution in [2.45, 2.75) is 59.8 Å². The summed E-state index contributed by atoms with van der Waals surface area (Å²) in [4.78, 5) is 2.71. The summed E-state index contributed by atoms with van der Waals surface area (Å²) in [6, 6.07) is 0. The molecule has 0 aromatic carbocycles. The van der Waals surface area contributed by atoms with Gasteiger partial charge in [0.25, 0.3) is 0 Å². The van der Waals surface area contributed by atoms with Crippen LogP contribution in [0.4, 0.5) is 0 Å². The van der Waals surface area contributed by atoms with Gasteiger partial charge in [0.1, 0.15) is 0 Å². The second kappa shape index (κ2) is 8.16. The number of nitrogens with zero attached hydrogens (tertiary/aromatic N) is 1. The Labute approximate surface area is 115 Å². The fourth-order valence-corrected chi connectivity index (χ4v) is 3.00. The first-order valence-corrected chi connectivity index (χ1v) is 8.09. The molecule has 1 heterocycles. The van der Waals surface area contributed by atoms with Crippen molar-refractivity contribution < 1.29 is 0 Å². The van der Waals surface area contributed by atoms with E-state index in [-0.39, 0.29) is 0 Å². The van der Waals surface area contributed by atoms with E-state index in [1.807, 2.05) is 0 Å². The molecule has 108 valence electrons. The first-order valence-electron chi connectivity index (χ1n) is 8.09. The van der Waals surface area contributed by atoms with Crippen molar-refractivity contribution in [3.05, 3.63) is 0 Å². The molecule has 0 spiro atoms. The van der Waals surface area contributed by atoms with Gasteiger partial charge in [0.2, 0.25) is 0 Å². The third-order valence-electron chi connectivity index (χ3n) is 4.86. The lowest BCUT2D eigenvalue weighted by Gasteiger charge is -2.40. The molecule has 0 aromatic rings. The maximum absolute atomic E-state index is 3.65. The summed E-state index contributed by atoms with van der Waals surface area (Å²) in [6.07, 6.45) is 6.63. The molecule has 0 saturated carbocycles. The third kappa shape index (κ3) is 4.89. The molecule has 2 heteroatoms. The third-order valence-corrected chi connectivity index (χ3v) is 4.86. The van der Waals surface area contributed by atoms with Gasteiger partial charge in [-0.1, -0.05) is 27.7 Å². The minimum absolute atomic E-state index is 0.496. The lowest BCUT2D eigenvalue weighted by Crippen LogP contribution is -2.46. The van der Waals surface area contributed by atoms with Gasteiger partial charge in [0.15, 0.2) is 0 Å². The number of likely N-dealkylation sites (tertiary alicyclic amines) is 1. The van der Waals surface area contributed by atoms with E-state index in [0.717, 1.165) is 5.92 Å². The van der Waals surface area contributed by atoms with E-state index in [9.17, 15) is 0 Å². The van der Waals surface area contributed by atoms with Gasteiger partial charge < -0.3 is 10.2 Å². The van der Waals surface area contributed by atoms with Crippen LogP contribution in [-0.4, -0.2) is 37.6 Å². The van der Waals surface area contributed by atoms with E-state index in [0.29, 0.717) is 5.41 Å². The molecule has 0 atom stereocenters. The second-order valence-electron chi connectivity index (χ2n) is 6.34. The van der Waals surface area contributed by atoms with Crippen molar-refractivity contribution in [3.63, 3.8) is 0 Å². The Bertz CT molecular complexity index is 203. The molecule has 2 nitrogen and oxygen atoms in total. The van der Waals surface area contributed by atoms with Crippen LogP contribution in [0.15, 0.2) is 0 Å². The quantitative estimate of drug-likeness (QED) is 0.667. The molecule has 0 amide bonds. The highest BCUT2D eigenvalue weighted by molar-refractivity contribution is 4.84. The summed E-state index contributed by atoms with van der Waals surface area (Å²) < 4.78 is 0. The average molecular weight is 254 g/mol. The Morgan fingerprint density at radius 1 is 1.11 bits per heavy atom. The van der Waals surface area contributed by atoms with Crippen LogP contribution >= 0.6 is 0 Å². The average Bonchev–Trinajstić information content (AvgIpc) is 2.40. The Hall–Kier alpha value is -0.0800. The molecular formula is C16H34N2. The molecule has 1 rings (SSSR count). The molecule has 0 radical (unpaired) electrons. The van der Waals surface area contributed by atoms with E-state index < -0.39 is 0 Å². The molecule has 1 saturated heterocycles. The number of nitrogens with one attached hydrogen (secondary N) is 1. The Morgan fingerprint density at radius 2 is 1.72 bits per heavy atom. The van der Waals surface area contributed by atoms with Crippen molar-refractivity contribution >= 4 is 0 Å². The fraction of sp³-hybridized carbons (Fsp3) is 1.00. The number of piperidine rings is 1. The minimum atomic E-state index is 0.496. The molecule has 0 aliphatic carbocycles. The summed E-state index contributed by atoms with van der Waals surface area (Å²) in [5.41, 5.74) is 0.496. The van der Waals surface area contributed by atoms with Gasteiger partial charge in [0.05, 0.1) is 0 Å². The van der Waals surface area contributed by atoms with Crippen LogP contribution in [0.1, 0.15) is 59.8 Å². The molecule has 0 aromatic heterocycles.